The van der Waals surface area contributed by atoms with E-state index in [9.17, 15) is 9.90 Å². The normalized spacial score (nSPS) is 20.9. The summed E-state index contributed by atoms with van der Waals surface area (Å²) >= 11 is 0. The van der Waals surface area contributed by atoms with E-state index in [0.717, 1.165) is 13.0 Å². The Kier molecular flexibility index (Phi) is 4.48. The van der Waals surface area contributed by atoms with Gasteiger partial charge in [0.05, 0.1) is 18.7 Å². The highest BCUT2D eigenvalue weighted by atomic mass is 16.5. The third-order valence-corrected chi connectivity index (χ3v) is 4.12. The van der Waals surface area contributed by atoms with E-state index in [1.54, 1.807) is 38.5 Å². The lowest BCUT2D eigenvalue weighted by Crippen LogP contribution is -2.55. The minimum Gasteiger partial charge on any atom is -0.386 e. The third-order valence-electron chi connectivity index (χ3n) is 4.12. The number of nitrogens with zero attached hydrogens (tertiary/aromatic N) is 5. The molecule has 0 saturated carbocycles. The van der Waals surface area contributed by atoms with Crippen LogP contribution in [0.1, 0.15) is 29.1 Å². The Morgan fingerprint density at radius 2 is 2.21 bits per heavy atom. The number of aliphatic hydroxyl groups is 1. The Morgan fingerprint density at radius 1 is 1.46 bits per heavy atom. The molecule has 1 atom stereocenters. The molecular weight excluding hydrogens is 310 g/mol. The topological polar surface area (TPSA) is 95.6 Å². The van der Waals surface area contributed by atoms with E-state index in [2.05, 4.69) is 15.1 Å². The molecular formula is C16H21N5O3. The highest BCUT2D eigenvalue weighted by Crippen LogP contribution is 2.25. The van der Waals surface area contributed by atoms with Crippen LogP contribution in [0, 0.1) is 6.92 Å². The van der Waals surface area contributed by atoms with Crippen molar-refractivity contribution < 1.29 is 14.4 Å². The molecule has 0 bridgehead atoms. The molecule has 0 radical (unpaired) electrons. The number of carbonyl (C=O) groups is 1. The number of anilines is 1. The minimum absolute atomic E-state index is 0.209. The van der Waals surface area contributed by atoms with Crippen molar-refractivity contribution in [2.24, 2.45) is 0 Å². The number of hydrogen-bond acceptors (Lipinski definition) is 7. The van der Waals surface area contributed by atoms with Crippen molar-refractivity contribution in [2.45, 2.75) is 25.4 Å². The van der Waals surface area contributed by atoms with Crippen LogP contribution in [0.2, 0.25) is 0 Å². The first-order valence-corrected chi connectivity index (χ1v) is 7.90. The zero-order chi connectivity index (χ0) is 17.2. The molecule has 1 saturated heterocycles. The summed E-state index contributed by atoms with van der Waals surface area (Å²) in [6, 6.07) is 3.35. The van der Waals surface area contributed by atoms with Crippen LogP contribution in [0.25, 0.3) is 0 Å². The van der Waals surface area contributed by atoms with Gasteiger partial charge in [-0.3, -0.25) is 4.79 Å². The first kappa shape index (κ1) is 16.4. The van der Waals surface area contributed by atoms with E-state index >= 15 is 0 Å². The fraction of sp³-hybridized carbons (Fsp3) is 0.500. The number of carbonyl (C=O) groups excluding carboxylic acids is 1. The number of aryl methyl sites for hydroxylation is 1. The van der Waals surface area contributed by atoms with Gasteiger partial charge in [0.25, 0.3) is 5.91 Å². The lowest BCUT2D eigenvalue weighted by Gasteiger charge is -2.40. The predicted molar refractivity (Wildman–Crippen MR) is 86.6 cm³/mol. The molecule has 3 heterocycles. The van der Waals surface area contributed by atoms with Crippen LogP contribution in [0.3, 0.4) is 0 Å². The SMILES string of the molecule is Cc1cc(C(=O)N(C)CC2(O)CCCN(c3ncccn3)C2)no1. The lowest BCUT2D eigenvalue weighted by atomic mass is 9.92. The fourth-order valence-electron chi connectivity index (χ4n) is 3.04. The number of hydrogen-bond donors (Lipinski definition) is 1. The van der Waals surface area contributed by atoms with Crippen molar-refractivity contribution in [3.05, 3.63) is 36.0 Å². The summed E-state index contributed by atoms with van der Waals surface area (Å²) in [5.41, 5.74) is -0.765. The number of rotatable bonds is 4. The summed E-state index contributed by atoms with van der Waals surface area (Å²) in [6.45, 7) is 3.11. The lowest BCUT2D eigenvalue weighted by molar-refractivity contribution is -0.000540. The molecule has 8 nitrogen and oxygen atoms in total. The molecule has 0 spiro atoms. The summed E-state index contributed by atoms with van der Waals surface area (Å²) in [5.74, 6) is 0.903. The molecule has 1 aliphatic rings. The maximum Gasteiger partial charge on any atom is 0.275 e. The van der Waals surface area contributed by atoms with Crippen LogP contribution in [-0.2, 0) is 0 Å². The monoisotopic (exact) mass is 331 g/mol. The zero-order valence-corrected chi connectivity index (χ0v) is 13.8. The smallest absolute Gasteiger partial charge is 0.275 e. The number of likely N-dealkylation sites (N-methyl/N-ethyl adjacent to an activating group) is 1. The van der Waals surface area contributed by atoms with Gasteiger partial charge in [0.2, 0.25) is 5.95 Å². The van der Waals surface area contributed by atoms with Crippen molar-refractivity contribution in [1.82, 2.24) is 20.0 Å². The number of amides is 1. The van der Waals surface area contributed by atoms with Crippen LogP contribution in [-0.4, -0.2) is 63.3 Å². The van der Waals surface area contributed by atoms with Crippen molar-refractivity contribution in [3.8, 4) is 0 Å². The van der Waals surface area contributed by atoms with Gasteiger partial charge in [-0.1, -0.05) is 5.16 Å². The van der Waals surface area contributed by atoms with E-state index in [1.807, 2.05) is 4.90 Å². The Labute approximate surface area is 140 Å². The Balaban J connectivity index is 1.67. The minimum atomic E-state index is -1.01. The first-order chi connectivity index (χ1) is 11.5. The standard InChI is InChI=1S/C16H21N5O3/c1-12-9-13(19-24-12)14(22)20(2)10-16(23)5-3-8-21(11-16)15-17-6-4-7-18-15/h4,6-7,9,23H,3,5,8,10-11H2,1-2H3. The summed E-state index contributed by atoms with van der Waals surface area (Å²) in [4.78, 5) is 24.3. The van der Waals surface area contributed by atoms with Gasteiger partial charge in [-0.25, -0.2) is 9.97 Å². The second kappa shape index (κ2) is 6.56. The van der Waals surface area contributed by atoms with Crippen LogP contribution >= 0.6 is 0 Å². The van der Waals surface area contributed by atoms with Gasteiger partial charge in [-0.05, 0) is 25.8 Å². The molecule has 24 heavy (non-hydrogen) atoms. The average molecular weight is 331 g/mol. The Hall–Kier alpha value is -2.48. The second-order valence-corrected chi connectivity index (χ2v) is 6.28. The second-order valence-electron chi connectivity index (χ2n) is 6.28. The molecule has 0 aromatic carbocycles. The van der Waals surface area contributed by atoms with Crippen LogP contribution in [0.5, 0.6) is 0 Å². The van der Waals surface area contributed by atoms with E-state index in [0.29, 0.717) is 24.7 Å². The van der Waals surface area contributed by atoms with E-state index in [1.165, 1.54) is 4.90 Å². The number of aromatic nitrogens is 3. The van der Waals surface area contributed by atoms with Gasteiger partial charge in [-0.15, -0.1) is 0 Å². The molecule has 0 aliphatic carbocycles. The van der Waals surface area contributed by atoms with E-state index in [-0.39, 0.29) is 18.1 Å². The molecule has 1 aliphatic heterocycles. The van der Waals surface area contributed by atoms with E-state index < -0.39 is 5.60 Å². The third kappa shape index (κ3) is 3.53. The largest absolute Gasteiger partial charge is 0.386 e. The van der Waals surface area contributed by atoms with Crippen LogP contribution in [0.4, 0.5) is 5.95 Å². The summed E-state index contributed by atoms with van der Waals surface area (Å²) in [7, 11) is 1.66. The molecule has 1 N–H and O–H groups in total. The summed E-state index contributed by atoms with van der Waals surface area (Å²) in [5, 5.41) is 14.7. The van der Waals surface area contributed by atoms with Crippen LogP contribution < -0.4 is 4.90 Å². The fourth-order valence-corrected chi connectivity index (χ4v) is 3.04. The van der Waals surface area contributed by atoms with Crippen LogP contribution in [0.15, 0.2) is 29.0 Å². The van der Waals surface area contributed by atoms with Crippen molar-refractivity contribution in [1.29, 1.82) is 0 Å². The van der Waals surface area contributed by atoms with Gasteiger partial charge in [0.1, 0.15) is 5.76 Å². The van der Waals surface area contributed by atoms with E-state index in [4.69, 9.17) is 4.52 Å². The maximum atomic E-state index is 12.4. The Morgan fingerprint density at radius 3 is 2.88 bits per heavy atom. The van der Waals surface area contributed by atoms with Gasteiger partial charge >= 0.3 is 0 Å². The molecule has 1 fully saturated rings. The van der Waals surface area contributed by atoms with Crippen molar-refractivity contribution in [3.63, 3.8) is 0 Å². The molecule has 8 heteroatoms. The Bertz CT molecular complexity index is 705. The highest BCUT2D eigenvalue weighted by molar-refractivity contribution is 5.92. The number of β-amino-alcohol motifs (C(OH)–C–C–N with tert-alkyl or cyclic N) is 1. The molecule has 128 valence electrons. The summed E-state index contributed by atoms with van der Waals surface area (Å²) < 4.78 is 4.94. The molecule has 2 aromatic heterocycles. The summed E-state index contributed by atoms with van der Waals surface area (Å²) in [6.07, 6.45) is 4.78. The van der Waals surface area contributed by atoms with Gasteiger partial charge in [0.15, 0.2) is 5.69 Å². The molecule has 3 rings (SSSR count). The molecule has 1 amide bonds. The highest BCUT2D eigenvalue weighted by Gasteiger charge is 2.36. The zero-order valence-electron chi connectivity index (χ0n) is 13.8. The van der Waals surface area contributed by atoms with Gasteiger partial charge in [0, 0.05) is 32.1 Å². The quantitative estimate of drug-likeness (QED) is 0.888. The van der Waals surface area contributed by atoms with Gasteiger partial charge in [-0.2, -0.15) is 0 Å². The maximum absolute atomic E-state index is 12.4. The average Bonchev–Trinajstić information content (AvgIpc) is 3.01. The van der Waals surface area contributed by atoms with Crippen molar-refractivity contribution in [2.75, 3.05) is 31.6 Å². The van der Waals surface area contributed by atoms with Crippen molar-refractivity contribution >= 4 is 11.9 Å². The molecule has 2 aromatic rings. The number of piperidine rings is 1. The van der Waals surface area contributed by atoms with Gasteiger partial charge < -0.3 is 19.4 Å². The first-order valence-electron chi connectivity index (χ1n) is 7.90. The molecule has 1 unspecified atom stereocenters. The predicted octanol–water partition coefficient (Wildman–Crippen LogP) is 0.877.